The van der Waals surface area contributed by atoms with Crippen molar-refractivity contribution in [3.63, 3.8) is 0 Å². The second-order valence-electron chi connectivity index (χ2n) is 8.40. The van der Waals surface area contributed by atoms with Gasteiger partial charge in [0.15, 0.2) is 5.78 Å². The van der Waals surface area contributed by atoms with Crippen LogP contribution in [0.2, 0.25) is 0 Å². The van der Waals surface area contributed by atoms with Crippen LogP contribution in [0.3, 0.4) is 0 Å². The summed E-state index contributed by atoms with van der Waals surface area (Å²) >= 11 is 0. The Kier molecular flexibility index (Phi) is 6.31. The summed E-state index contributed by atoms with van der Waals surface area (Å²) < 4.78 is 11.2. The van der Waals surface area contributed by atoms with Gasteiger partial charge in [0.1, 0.15) is 17.1 Å². The van der Waals surface area contributed by atoms with Crippen molar-refractivity contribution in [1.29, 1.82) is 0 Å². The minimum absolute atomic E-state index is 0.0315. The molecular weight excluding hydrogens is 398 g/mol. The van der Waals surface area contributed by atoms with E-state index in [0.29, 0.717) is 22.6 Å². The fourth-order valence-corrected chi connectivity index (χ4v) is 3.47. The highest BCUT2D eigenvalue weighted by Crippen LogP contribution is 2.43. The molecule has 2 amide bonds. The summed E-state index contributed by atoms with van der Waals surface area (Å²) in [6.07, 6.45) is -0.804. The highest BCUT2D eigenvalue weighted by atomic mass is 16.6. The number of benzene rings is 2. The molecule has 31 heavy (non-hydrogen) atoms. The van der Waals surface area contributed by atoms with E-state index in [0.717, 1.165) is 5.56 Å². The van der Waals surface area contributed by atoms with Gasteiger partial charge in [-0.1, -0.05) is 30.3 Å². The van der Waals surface area contributed by atoms with E-state index in [1.165, 1.54) is 0 Å². The van der Waals surface area contributed by atoms with Gasteiger partial charge in [0.2, 0.25) is 5.91 Å². The Morgan fingerprint density at radius 3 is 2.45 bits per heavy atom. The van der Waals surface area contributed by atoms with Crippen LogP contribution in [0.5, 0.6) is 11.5 Å². The first-order valence-corrected chi connectivity index (χ1v) is 10.0. The fraction of sp³-hybridized carbons (Fsp3) is 0.348. The van der Waals surface area contributed by atoms with Gasteiger partial charge in [0.05, 0.1) is 12.1 Å². The summed E-state index contributed by atoms with van der Waals surface area (Å²) in [4.78, 5) is 37.1. The predicted octanol–water partition coefficient (Wildman–Crippen LogP) is 3.18. The molecule has 1 unspecified atom stereocenters. The maximum Gasteiger partial charge on any atom is 0.408 e. The maximum atomic E-state index is 13.5. The number of nitrogens with one attached hydrogen (secondary N) is 1. The molecule has 0 bridgehead atoms. The van der Waals surface area contributed by atoms with Gasteiger partial charge in [-0.05, 0) is 39.3 Å². The van der Waals surface area contributed by atoms with Crippen molar-refractivity contribution in [3.05, 3.63) is 59.2 Å². The molecule has 1 aliphatic heterocycles. The third-order valence-corrected chi connectivity index (χ3v) is 4.80. The molecular formula is C23H27N3O5. The Bertz CT molecular complexity index is 1010. The molecule has 2 atom stereocenters. The largest absolute Gasteiger partial charge is 0.457 e. The van der Waals surface area contributed by atoms with E-state index in [1.54, 1.807) is 39.0 Å². The van der Waals surface area contributed by atoms with Gasteiger partial charge < -0.3 is 26.3 Å². The molecule has 0 aromatic heterocycles. The quantitative estimate of drug-likeness (QED) is 0.609. The Morgan fingerprint density at radius 1 is 1.10 bits per heavy atom. The van der Waals surface area contributed by atoms with Crippen LogP contribution >= 0.6 is 0 Å². The third-order valence-electron chi connectivity index (χ3n) is 4.80. The summed E-state index contributed by atoms with van der Waals surface area (Å²) in [6, 6.07) is 10.8. The van der Waals surface area contributed by atoms with E-state index in [1.807, 2.05) is 24.3 Å². The molecule has 3 rings (SSSR count). The average molecular weight is 425 g/mol. The first kappa shape index (κ1) is 22.3. The van der Waals surface area contributed by atoms with Gasteiger partial charge in [-0.2, -0.15) is 0 Å². The number of hydrogen-bond acceptors (Lipinski definition) is 6. The molecule has 5 N–H and O–H groups in total. The Hall–Kier alpha value is -3.39. The Balaban J connectivity index is 1.93. The lowest BCUT2D eigenvalue weighted by Crippen LogP contribution is -2.44. The molecule has 8 nitrogen and oxygen atoms in total. The van der Waals surface area contributed by atoms with E-state index in [2.05, 4.69) is 5.32 Å². The molecule has 164 valence electrons. The molecule has 0 saturated carbocycles. The van der Waals surface area contributed by atoms with E-state index in [9.17, 15) is 14.4 Å². The summed E-state index contributed by atoms with van der Waals surface area (Å²) in [6.45, 7) is 5.15. The van der Waals surface area contributed by atoms with Crippen molar-refractivity contribution in [3.8, 4) is 11.5 Å². The number of rotatable bonds is 6. The standard InChI is InChI=1S/C23H27N3O5/c1-23(2,3)31-22(29)26-15(11-12-18(24)27)21(28)14-8-6-10-17-19(14)20(25)13-7-4-5-9-16(13)30-17/h4-10,15,20H,11-12,25H2,1-3H3,(H2,24,27)(H,26,29)/t15-,20?/m0/s1. The number of hydrogen-bond donors (Lipinski definition) is 3. The van der Waals surface area contributed by atoms with Crippen molar-refractivity contribution in [1.82, 2.24) is 5.32 Å². The summed E-state index contributed by atoms with van der Waals surface area (Å²) in [5, 5.41) is 2.57. The second kappa shape index (κ2) is 8.77. The molecule has 0 radical (unpaired) electrons. The van der Waals surface area contributed by atoms with Crippen LogP contribution < -0.4 is 21.5 Å². The number of carbonyl (C=O) groups excluding carboxylic acids is 3. The number of carbonyl (C=O) groups is 3. The number of amides is 2. The normalized spacial score (nSPS) is 15.7. The van der Waals surface area contributed by atoms with Crippen LogP contribution in [-0.4, -0.2) is 29.4 Å². The highest BCUT2D eigenvalue weighted by Gasteiger charge is 2.32. The Labute approximate surface area is 180 Å². The third kappa shape index (κ3) is 5.21. The zero-order chi connectivity index (χ0) is 22.8. The van der Waals surface area contributed by atoms with Gasteiger partial charge in [0, 0.05) is 23.1 Å². The van der Waals surface area contributed by atoms with Gasteiger partial charge >= 0.3 is 6.09 Å². The molecule has 0 saturated heterocycles. The first-order valence-electron chi connectivity index (χ1n) is 10.0. The van der Waals surface area contributed by atoms with E-state index < -0.39 is 35.5 Å². The number of alkyl carbamates (subject to hydrolysis) is 1. The van der Waals surface area contributed by atoms with Gasteiger partial charge in [-0.25, -0.2) is 4.79 Å². The van der Waals surface area contributed by atoms with Gasteiger partial charge in [-0.15, -0.1) is 0 Å². The zero-order valence-electron chi connectivity index (χ0n) is 17.8. The summed E-state index contributed by atoms with van der Waals surface area (Å²) in [5.41, 5.74) is 12.6. The predicted molar refractivity (Wildman–Crippen MR) is 115 cm³/mol. The van der Waals surface area contributed by atoms with E-state index >= 15 is 0 Å². The van der Waals surface area contributed by atoms with Crippen LogP contribution in [0.1, 0.15) is 61.1 Å². The maximum absolute atomic E-state index is 13.5. The molecule has 2 aromatic rings. The average Bonchev–Trinajstić information content (AvgIpc) is 2.69. The fourth-order valence-electron chi connectivity index (χ4n) is 3.47. The van der Waals surface area contributed by atoms with Crippen molar-refractivity contribution in [2.24, 2.45) is 11.5 Å². The van der Waals surface area contributed by atoms with Crippen LogP contribution in [0.25, 0.3) is 0 Å². The number of para-hydroxylation sites is 1. The number of nitrogens with two attached hydrogens (primary N) is 2. The lowest BCUT2D eigenvalue weighted by atomic mass is 9.87. The van der Waals surface area contributed by atoms with E-state index in [4.69, 9.17) is 20.9 Å². The number of ether oxygens (including phenoxy) is 2. The summed E-state index contributed by atoms with van der Waals surface area (Å²) in [7, 11) is 0. The number of fused-ring (bicyclic) bond motifs is 2. The SMILES string of the molecule is CC(C)(C)OC(=O)N[C@@H](CCC(N)=O)C(=O)c1cccc2c1C(N)c1ccccc1O2. The molecule has 0 fully saturated rings. The van der Waals surface area contributed by atoms with Gasteiger partial charge in [0.25, 0.3) is 0 Å². The van der Waals surface area contributed by atoms with Crippen molar-refractivity contribution < 1.29 is 23.9 Å². The molecule has 8 heteroatoms. The van der Waals surface area contributed by atoms with Crippen LogP contribution in [0, 0.1) is 0 Å². The minimum Gasteiger partial charge on any atom is -0.457 e. The highest BCUT2D eigenvalue weighted by molar-refractivity contribution is 6.03. The topological polar surface area (TPSA) is 134 Å². The van der Waals surface area contributed by atoms with Gasteiger partial charge in [-0.3, -0.25) is 9.59 Å². The minimum atomic E-state index is -1.02. The van der Waals surface area contributed by atoms with Crippen LogP contribution in [-0.2, 0) is 9.53 Å². The molecule has 0 spiro atoms. The first-order chi connectivity index (χ1) is 14.6. The van der Waals surface area contributed by atoms with Crippen LogP contribution in [0.4, 0.5) is 4.79 Å². The number of primary amides is 1. The molecule has 2 aromatic carbocycles. The Morgan fingerprint density at radius 2 is 1.77 bits per heavy atom. The number of Topliss-reactive ketones (excluding diaryl/α,β-unsaturated/α-hetero) is 1. The molecule has 1 heterocycles. The molecule has 0 aliphatic carbocycles. The summed E-state index contributed by atoms with van der Waals surface area (Å²) in [5.74, 6) is 0.127. The van der Waals surface area contributed by atoms with E-state index in [-0.39, 0.29) is 12.8 Å². The molecule has 1 aliphatic rings. The zero-order valence-corrected chi connectivity index (χ0v) is 17.8. The van der Waals surface area contributed by atoms with Crippen molar-refractivity contribution >= 4 is 17.8 Å². The van der Waals surface area contributed by atoms with Crippen molar-refractivity contribution in [2.45, 2.75) is 51.3 Å². The second-order valence-corrected chi connectivity index (χ2v) is 8.40. The van der Waals surface area contributed by atoms with Crippen LogP contribution in [0.15, 0.2) is 42.5 Å². The van der Waals surface area contributed by atoms with Crippen molar-refractivity contribution in [2.75, 3.05) is 0 Å². The monoisotopic (exact) mass is 425 g/mol. The lowest BCUT2D eigenvalue weighted by molar-refractivity contribution is -0.118. The lowest BCUT2D eigenvalue weighted by Gasteiger charge is -2.28. The number of ketones is 1. The smallest absolute Gasteiger partial charge is 0.408 e.